The lowest BCUT2D eigenvalue weighted by atomic mass is 10.1. The number of halogens is 1. The van der Waals surface area contributed by atoms with Gasteiger partial charge in [0, 0.05) is 12.1 Å². The summed E-state index contributed by atoms with van der Waals surface area (Å²) in [6.07, 6.45) is 2.40. The number of nitrogens with zero attached hydrogens (tertiary/aromatic N) is 3. The molecule has 1 aromatic carbocycles. The van der Waals surface area contributed by atoms with E-state index < -0.39 is 0 Å². The first kappa shape index (κ1) is 15.2. The molecule has 0 spiro atoms. The Labute approximate surface area is 123 Å². The van der Waals surface area contributed by atoms with Gasteiger partial charge in [-0.25, -0.2) is 14.1 Å². The first-order valence-electron chi connectivity index (χ1n) is 6.98. The van der Waals surface area contributed by atoms with E-state index in [1.54, 1.807) is 17.7 Å². The van der Waals surface area contributed by atoms with Gasteiger partial charge in [-0.2, -0.15) is 5.10 Å². The second-order valence-electron chi connectivity index (χ2n) is 4.95. The Morgan fingerprint density at radius 1 is 1.48 bits per heavy atom. The maximum Gasteiger partial charge on any atom is 0.252 e. The first-order chi connectivity index (χ1) is 10.0. The maximum atomic E-state index is 13.5. The van der Waals surface area contributed by atoms with Crippen molar-refractivity contribution in [1.82, 2.24) is 20.1 Å². The number of carbonyl (C=O) groups excluding carboxylic acids is 1. The van der Waals surface area contributed by atoms with Crippen LogP contribution in [0.1, 0.15) is 48.1 Å². The van der Waals surface area contributed by atoms with Crippen LogP contribution < -0.4 is 5.32 Å². The third kappa shape index (κ3) is 3.26. The van der Waals surface area contributed by atoms with Gasteiger partial charge in [0.15, 0.2) is 0 Å². The van der Waals surface area contributed by atoms with Crippen molar-refractivity contribution in [1.29, 1.82) is 0 Å². The fourth-order valence-electron chi connectivity index (χ4n) is 2.18. The van der Waals surface area contributed by atoms with E-state index in [0.29, 0.717) is 17.0 Å². The van der Waals surface area contributed by atoms with Crippen molar-refractivity contribution < 1.29 is 9.18 Å². The zero-order valence-electron chi connectivity index (χ0n) is 12.4. The first-order valence-corrected chi connectivity index (χ1v) is 6.98. The monoisotopic (exact) mass is 290 g/mol. The predicted molar refractivity (Wildman–Crippen MR) is 77.3 cm³/mol. The Hall–Kier alpha value is -2.24. The number of aryl methyl sites for hydroxylation is 1. The quantitative estimate of drug-likeness (QED) is 0.921. The molecule has 6 heteroatoms. The lowest BCUT2D eigenvalue weighted by molar-refractivity contribution is 0.0936. The molecule has 21 heavy (non-hydrogen) atoms. The van der Waals surface area contributed by atoms with E-state index in [9.17, 15) is 9.18 Å². The highest BCUT2D eigenvalue weighted by Crippen LogP contribution is 2.15. The van der Waals surface area contributed by atoms with Gasteiger partial charge in [-0.1, -0.05) is 13.0 Å². The highest BCUT2D eigenvalue weighted by molar-refractivity contribution is 5.95. The van der Waals surface area contributed by atoms with Crippen LogP contribution in [-0.4, -0.2) is 20.7 Å². The Morgan fingerprint density at radius 3 is 2.95 bits per heavy atom. The third-order valence-corrected chi connectivity index (χ3v) is 3.33. The van der Waals surface area contributed by atoms with Crippen LogP contribution in [0.15, 0.2) is 24.5 Å². The average Bonchev–Trinajstić information content (AvgIpc) is 2.90. The Bertz CT molecular complexity index is 638. The normalized spacial score (nSPS) is 12.2. The van der Waals surface area contributed by atoms with Crippen molar-refractivity contribution in [3.8, 4) is 0 Å². The van der Waals surface area contributed by atoms with E-state index in [2.05, 4.69) is 15.4 Å². The summed E-state index contributed by atoms with van der Waals surface area (Å²) >= 11 is 0. The molecule has 1 amide bonds. The molecule has 112 valence electrons. The van der Waals surface area contributed by atoms with Crippen molar-refractivity contribution in [3.63, 3.8) is 0 Å². The van der Waals surface area contributed by atoms with E-state index in [-0.39, 0.29) is 17.8 Å². The summed E-state index contributed by atoms with van der Waals surface area (Å²) in [5.74, 6) is -0.00532. The van der Waals surface area contributed by atoms with E-state index in [0.717, 1.165) is 13.0 Å². The molecule has 0 aliphatic carbocycles. The van der Waals surface area contributed by atoms with Crippen molar-refractivity contribution in [2.75, 3.05) is 0 Å². The Balaban J connectivity index is 2.15. The number of amides is 1. The molecule has 1 atom stereocenters. The molecule has 0 saturated carbocycles. The zero-order valence-corrected chi connectivity index (χ0v) is 12.4. The lowest BCUT2D eigenvalue weighted by Crippen LogP contribution is -2.29. The Morgan fingerprint density at radius 2 is 2.24 bits per heavy atom. The molecule has 1 N–H and O–H groups in total. The van der Waals surface area contributed by atoms with Crippen LogP contribution in [0, 0.1) is 12.7 Å². The van der Waals surface area contributed by atoms with Gasteiger partial charge in [0.1, 0.15) is 18.0 Å². The summed E-state index contributed by atoms with van der Waals surface area (Å²) in [5.41, 5.74) is 0.681. The molecule has 0 unspecified atom stereocenters. The standard InChI is InChI=1S/C15H19FN4O/c1-4-8-20-14(17-9-18-20)11(3)19-15(21)12-6-5-7-13(16)10(12)2/h5-7,9,11H,4,8H2,1-3H3,(H,19,21)/t11-/m1/s1. The number of benzene rings is 1. The summed E-state index contributed by atoms with van der Waals surface area (Å²) < 4.78 is 15.3. The molecule has 0 saturated heterocycles. The number of hydrogen-bond donors (Lipinski definition) is 1. The number of aromatic nitrogens is 3. The third-order valence-electron chi connectivity index (χ3n) is 3.33. The largest absolute Gasteiger partial charge is 0.342 e. The number of rotatable bonds is 5. The molecule has 1 aromatic heterocycles. The molecule has 0 radical (unpaired) electrons. The molecular weight excluding hydrogens is 271 g/mol. The summed E-state index contributed by atoms with van der Waals surface area (Å²) in [5, 5.41) is 6.97. The Kier molecular flexibility index (Phi) is 4.67. The van der Waals surface area contributed by atoms with Gasteiger partial charge in [0.25, 0.3) is 5.91 Å². The minimum atomic E-state index is -0.385. The lowest BCUT2D eigenvalue weighted by Gasteiger charge is -2.15. The van der Waals surface area contributed by atoms with Gasteiger partial charge in [-0.05, 0) is 38.0 Å². The minimum absolute atomic E-state index is 0.297. The van der Waals surface area contributed by atoms with Crippen LogP contribution in [-0.2, 0) is 6.54 Å². The number of carbonyl (C=O) groups is 1. The zero-order chi connectivity index (χ0) is 15.4. The van der Waals surface area contributed by atoms with Crippen LogP contribution >= 0.6 is 0 Å². The molecule has 0 bridgehead atoms. The molecule has 2 aromatic rings. The average molecular weight is 290 g/mol. The second-order valence-corrected chi connectivity index (χ2v) is 4.95. The summed E-state index contributed by atoms with van der Waals surface area (Å²) in [4.78, 5) is 16.4. The van der Waals surface area contributed by atoms with E-state index in [4.69, 9.17) is 0 Å². The fourth-order valence-corrected chi connectivity index (χ4v) is 2.18. The molecular formula is C15H19FN4O. The fraction of sp³-hybridized carbons (Fsp3) is 0.400. The van der Waals surface area contributed by atoms with E-state index >= 15 is 0 Å². The number of nitrogens with one attached hydrogen (secondary N) is 1. The molecule has 0 aliphatic heterocycles. The molecule has 5 nitrogen and oxygen atoms in total. The summed E-state index contributed by atoms with van der Waals surface area (Å²) in [6.45, 7) is 6.22. The van der Waals surface area contributed by atoms with Crippen LogP contribution in [0.2, 0.25) is 0 Å². The van der Waals surface area contributed by atoms with Gasteiger partial charge >= 0.3 is 0 Å². The minimum Gasteiger partial charge on any atom is -0.342 e. The highest BCUT2D eigenvalue weighted by atomic mass is 19.1. The SMILES string of the molecule is CCCn1ncnc1[C@@H](C)NC(=O)c1cccc(F)c1C. The predicted octanol–water partition coefficient (Wildman–Crippen LogP) is 2.63. The van der Waals surface area contributed by atoms with Crippen LogP contribution in [0.3, 0.4) is 0 Å². The van der Waals surface area contributed by atoms with Gasteiger partial charge in [0.05, 0.1) is 6.04 Å². The highest BCUT2D eigenvalue weighted by Gasteiger charge is 2.18. The van der Waals surface area contributed by atoms with E-state index in [1.807, 2.05) is 13.8 Å². The van der Waals surface area contributed by atoms with Crippen LogP contribution in [0.5, 0.6) is 0 Å². The topological polar surface area (TPSA) is 59.8 Å². The van der Waals surface area contributed by atoms with Gasteiger partial charge in [-0.15, -0.1) is 0 Å². The molecule has 0 aliphatic rings. The van der Waals surface area contributed by atoms with Gasteiger partial charge in [0.2, 0.25) is 0 Å². The van der Waals surface area contributed by atoms with Crippen LogP contribution in [0.25, 0.3) is 0 Å². The van der Waals surface area contributed by atoms with Crippen molar-refractivity contribution in [2.45, 2.75) is 39.8 Å². The van der Waals surface area contributed by atoms with Crippen molar-refractivity contribution in [3.05, 3.63) is 47.3 Å². The summed E-state index contributed by atoms with van der Waals surface area (Å²) in [6, 6.07) is 4.18. The molecule has 2 rings (SSSR count). The second kappa shape index (κ2) is 6.47. The van der Waals surface area contributed by atoms with Crippen molar-refractivity contribution >= 4 is 5.91 Å². The number of hydrogen-bond acceptors (Lipinski definition) is 3. The molecule has 1 heterocycles. The van der Waals surface area contributed by atoms with Crippen LogP contribution in [0.4, 0.5) is 4.39 Å². The van der Waals surface area contributed by atoms with Gasteiger partial charge in [-0.3, -0.25) is 4.79 Å². The maximum absolute atomic E-state index is 13.5. The van der Waals surface area contributed by atoms with Crippen molar-refractivity contribution in [2.24, 2.45) is 0 Å². The summed E-state index contributed by atoms with van der Waals surface area (Å²) in [7, 11) is 0. The molecule has 0 fully saturated rings. The van der Waals surface area contributed by atoms with E-state index in [1.165, 1.54) is 18.5 Å². The van der Waals surface area contributed by atoms with Gasteiger partial charge < -0.3 is 5.32 Å². The smallest absolute Gasteiger partial charge is 0.252 e.